The van der Waals surface area contributed by atoms with E-state index in [1.54, 1.807) is 0 Å². The number of pyridine rings is 1. The van der Waals surface area contributed by atoms with E-state index in [1.807, 2.05) is 6.07 Å². The zero-order chi connectivity index (χ0) is 21.3. The Morgan fingerprint density at radius 1 is 1.10 bits per heavy atom. The van der Waals surface area contributed by atoms with Crippen molar-refractivity contribution < 1.29 is 0 Å². The summed E-state index contributed by atoms with van der Waals surface area (Å²) in [6.45, 7) is 10.0. The Kier molecular flexibility index (Phi) is 6.16. The maximum Gasteiger partial charge on any atom is 0.120 e. The van der Waals surface area contributed by atoms with Gasteiger partial charge in [0.25, 0.3) is 0 Å². The maximum absolute atomic E-state index is 6.41. The number of hydrogen-bond acceptors (Lipinski definition) is 2. The van der Waals surface area contributed by atoms with Crippen molar-refractivity contribution >= 4 is 44.4 Å². The van der Waals surface area contributed by atoms with Crippen molar-refractivity contribution in [2.24, 2.45) is 12.0 Å². The van der Waals surface area contributed by atoms with Crippen LogP contribution in [-0.2, 0) is 7.05 Å². The van der Waals surface area contributed by atoms with Gasteiger partial charge in [0, 0.05) is 34.4 Å². The first-order chi connectivity index (χ1) is 14.5. The smallest absolute Gasteiger partial charge is 0.120 e. The first kappa shape index (κ1) is 21.0. The highest BCUT2D eigenvalue weighted by Gasteiger charge is 2.14. The fourth-order valence-corrected chi connectivity index (χ4v) is 4.61. The highest BCUT2D eigenvalue weighted by atomic mass is 35.5. The van der Waals surface area contributed by atoms with E-state index in [2.05, 4.69) is 78.7 Å². The van der Waals surface area contributed by atoms with Gasteiger partial charge in [0.15, 0.2) is 0 Å². The second-order valence-corrected chi connectivity index (χ2v) is 8.55. The Balaban J connectivity index is 1.88. The highest BCUT2D eigenvalue weighted by molar-refractivity contribution is 6.31. The average molecular weight is 423 g/mol. The van der Waals surface area contributed by atoms with Crippen LogP contribution in [0.15, 0.2) is 47.5 Å². The van der Waals surface area contributed by atoms with E-state index >= 15 is 0 Å². The van der Waals surface area contributed by atoms with Gasteiger partial charge in [0.1, 0.15) is 5.65 Å². The second-order valence-electron chi connectivity index (χ2n) is 8.11. The number of aromatic nitrogens is 2. The Hall–Kier alpha value is -2.30. The molecule has 1 N–H and O–H groups in total. The van der Waals surface area contributed by atoms with Gasteiger partial charge < -0.3 is 14.5 Å². The van der Waals surface area contributed by atoms with Crippen molar-refractivity contribution in [3.05, 3.63) is 52.8 Å². The van der Waals surface area contributed by atoms with Gasteiger partial charge in [-0.15, -0.1) is 0 Å². The normalized spacial score (nSPS) is 13.9. The fraction of sp³-hybridized carbons (Fsp3) is 0.400. The summed E-state index contributed by atoms with van der Waals surface area (Å²) in [4.78, 5) is 11.3. The Morgan fingerprint density at radius 3 is 2.63 bits per heavy atom. The van der Waals surface area contributed by atoms with Gasteiger partial charge in [-0.2, -0.15) is 0 Å². The number of aromatic amines is 1. The van der Waals surface area contributed by atoms with Crippen LogP contribution in [0, 0.1) is 0 Å². The van der Waals surface area contributed by atoms with Gasteiger partial charge in [0.05, 0.1) is 16.3 Å². The average Bonchev–Trinajstić information content (AvgIpc) is 3.14. The summed E-state index contributed by atoms with van der Waals surface area (Å²) in [6.07, 6.45) is 2.23. The van der Waals surface area contributed by atoms with Crippen LogP contribution in [0.3, 0.4) is 0 Å². The SMILES string of the molecule is CCN(CC)CCCC(C)N=c1c2cc(Cl)ccc2n(C)c2[nH]c3ccccc3c12. The van der Waals surface area contributed by atoms with E-state index in [0.29, 0.717) is 0 Å². The number of H-pyrrole nitrogens is 1. The molecule has 0 saturated heterocycles. The monoisotopic (exact) mass is 422 g/mol. The molecule has 0 amide bonds. The van der Waals surface area contributed by atoms with Crippen LogP contribution in [-0.4, -0.2) is 40.1 Å². The molecule has 2 aromatic heterocycles. The van der Waals surface area contributed by atoms with Crippen LogP contribution in [0.2, 0.25) is 5.02 Å². The molecule has 0 bridgehead atoms. The minimum Gasteiger partial charge on any atom is -0.341 e. The van der Waals surface area contributed by atoms with Crippen molar-refractivity contribution in [3.8, 4) is 0 Å². The Labute approximate surface area is 183 Å². The number of benzene rings is 2. The first-order valence-electron chi connectivity index (χ1n) is 11.0. The number of aryl methyl sites for hydroxylation is 1. The third-order valence-corrected chi connectivity index (χ3v) is 6.41. The van der Waals surface area contributed by atoms with E-state index in [4.69, 9.17) is 16.6 Å². The Morgan fingerprint density at radius 2 is 1.87 bits per heavy atom. The van der Waals surface area contributed by atoms with Crippen molar-refractivity contribution in [3.63, 3.8) is 0 Å². The molecule has 1 unspecified atom stereocenters. The van der Waals surface area contributed by atoms with Crippen molar-refractivity contribution in [1.29, 1.82) is 0 Å². The van der Waals surface area contributed by atoms with Crippen LogP contribution < -0.4 is 5.36 Å². The molecule has 0 aliphatic heterocycles. The van der Waals surface area contributed by atoms with Crippen LogP contribution >= 0.6 is 11.6 Å². The standard InChI is InChI=1S/C25H31ClN4/c1-5-30(6-2)15-9-10-17(3)27-24-20-16-18(26)13-14-22(20)29(4)25-23(24)19-11-7-8-12-21(19)28-25/h7-8,11-14,16-17,28H,5-6,9-10,15H2,1-4H3. The lowest BCUT2D eigenvalue weighted by Gasteiger charge is -2.18. The van der Waals surface area contributed by atoms with Crippen LogP contribution in [0.4, 0.5) is 0 Å². The van der Waals surface area contributed by atoms with Gasteiger partial charge in [0.2, 0.25) is 0 Å². The quantitative estimate of drug-likeness (QED) is 0.396. The summed E-state index contributed by atoms with van der Waals surface area (Å²) in [5, 5.41) is 5.29. The maximum atomic E-state index is 6.41. The molecule has 0 aliphatic rings. The van der Waals surface area contributed by atoms with Crippen LogP contribution in [0.5, 0.6) is 0 Å². The summed E-state index contributed by atoms with van der Waals surface area (Å²) >= 11 is 6.41. The predicted molar refractivity (Wildman–Crippen MR) is 129 cm³/mol. The molecule has 30 heavy (non-hydrogen) atoms. The zero-order valence-electron chi connectivity index (χ0n) is 18.4. The van der Waals surface area contributed by atoms with Gasteiger partial charge in [-0.05, 0) is 63.7 Å². The van der Waals surface area contributed by atoms with E-state index in [9.17, 15) is 0 Å². The third kappa shape index (κ3) is 3.86. The minimum atomic E-state index is 0.243. The summed E-state index contributed by atoms with van der Waals surface area (Å²) in [6, 6.07) is 14.8. The van der Waals surface area contributed by atoms with Crippen molar-refractivity contribution in [2.45, 2.75) is 39.7 Å². The third-order valence-electron chi connectivity index (χ3n) is 6.17. The number of nitrogens with zero attached hydrogens (tertiary/aromatic N) is 3. The van der Waals surface area contributed by atoms with Crippen LogP contribution in [0.25, 0.3) is 32.8 Å². The lowest BCUT2D eigenvalue weighted by atomic mass is 10.1. The number of para-hydroxylation sites is 1. The van der Waals surface area contributed by atoms with Gasteiger partial charge in [-0.3, -0.25) is 4.99 Å². The highest BCUT2D eigenvalue weighted by Crippen LogP contribution is 2.27. The molecule has 5 heteroatoms. The molecule has 2 heterocycles. The van der Waals surface area contributed by atoms with E-state index < -0.39 is 0 Å². The van der Waals surface area contributed by atoms with Gasteiger partial charge >= 0.3 is 0 Å². The number of hydrogen-bond donors (Lipinski definition) is 1. The van der Waals surface area contributed by atoms with Gasteiger partial charge in [-0.1, -0.05) is 43.6 Å². The summed E-state index contributed by atoms with van der Waals surface area (Å²) in [5.74, 6) is 0. The largest absolute Gasteiger partial charge is 0.341 e. The molecule has 4 rings (SSSR count). The van der Waals surface area contributed by atoms with Crippen LogP contribution in [0.1, 0.15) is 33.6 Å². The number of fused-ring (bicyclic) bond motifs is 4. The summed E-state index contributed by atoms with van der Waals surface area (Å²) in [5.41, 5.74) is 3.36. The second kappa shape index (κ2) is 8.83. The number of nitrogens with one attached hydrogen (secondary N) is 1. The molecule has 0 radical (unpaired) electrons. The summed E-state index contributed by atoms with van der Waals surface area (Å²) in [7, 11) is 2.10. The zero-order valence-corrected chi connectivity index (χ0v) is 19.1. The van der Waals surface area contributed by atoms with E-state index in [1.165, 1.54) is 10.8 Å². The van der Waals surface area contributed by atoms with E-state index in [0.717, 1.165) is 64.9 Å². The molecule has 0 spiro atoms. The molecule has 0 aliphatic carbocycles. The predicted octanol–water partition coefficient (Wildman–Crippen LogP) is 5.88. The lowest BCUT2D eigenvalue weighted by molar-refractivity contribution is 0.294. The molecule has 2 aromatic carbocycles. The fourth-order valence-electron chi connectivity index (χ4n) is 4.43. The first-order valence-corrected chi connectivity index (χ1v) is 11.4. The summed E-state index contributed by atoms with van der Waals surface area (Å²) < 4.78 is 2.21. The molecule has 4 aromatic rings. The molecule has 4 nitrogen and oxygen atoms in total. The van der Waals surface area contributed by atoms with Crippen molar-refractivity contribution in [1.82, 2.24) is 14.5 Å². The van der Waals surface area contributed by atoms with Crippen molar-refractivity contribution in [2.75, 3.05) is 19.6 Å². The molecular formula is C25H31ClN4. The number of rotatable bonds is 7. The minimum absolute atomic E-state index is 0.243. The topological polar surface area (TPSA) is 36.3 Å². The molecule has 0 fully saturated rings. The Bertz CT molecular complexity index is 1250. The lowest BCUT2D eigenvalue weighted by Crippen LogP contribution is -2.24. The van der Waals surface area contributed by atoms with E-state index in [-0.39, 0.29) is 6.04 Å². The molecule has 0 saturated carbocycles. The molecule has 1 atom stereocenters. The van der Waals surface area contributed by atoms with Gasteiger partial charge in [-0.25, -0.2) is 0 Å². The molecular weight excluding hydrogens is 392 g/mol. The molecule has 158 valence electrons. The number of halogens is 1.